The van der Waals surface area contributed by atoms with Gasteiger partial charge in [0.25, 0.3) is 5.91 Å². The van der Waals surface area contributed by atoms with Crippen LogP contribution >= 0.6 is 11.3 Å². The Balaban J connectivity index is 1.59. The first-order valence-electron chi connectivity index (χ1n) is 10.4. The summed E-state index contributed by atoms with van der Waals surface area (Å²) in [7, 11) is 0. The van der Waals surface area contributed by atoms with Crippen LogP contribution in [0.5, 0.6) is 5.75 Å². The number of fused-ring (bicyclic) bond motifs is 2. The molecule has 0 spiro atoms. The molecule has 7 heteroatoms. The van der Waals surface area contributed by atoms with Gasteiger partial charge in [-0.15, -0.1) is 0 Å². The number of carbonyl (C=O) groups excluding carboxylic acids is 1. The Morgan fingerprint density at radius 1 is 1.16 bits per heavy atom. The SMILES string of the molecule is CCOc1cccc2cc(C(=O)N(Cc3ccco3)c3nc4cc(C)cc(C)c4s3)oc12. The summed E-state index contributed by atoms with van der Waals surface area (Å²) >= 11 is 1.49. The number of nitrogens with zero attached hydrogens (tertiary/aromatic N) is 2. The number of rotatable bonds is 6. The predicted molar refractivity (Wildman–Crippen MR) is 126 cm³/mol. The van der Waals surface area contributed by atoms with E-state index < -0.39 is 0 Å². The molecule has 6 nitrogen and oxygen atoms in total. The van der Waals surface area contributed by atoms with E-state index in [2.05, 4.69) is 13.0 Å². The van der Waals surface area contributed by atoms with Crippen molar-refractivity contribution < 1.29 is 18.4 Å². The van der Waals surface area contributed by atoms with Gasteiger partial charge in [0.1, 0.15) is 5.76 Å². The molecule has 0 N–H and O–H groups in total. The van der Waals surface area contributed by atoms with E-state index in [1.165, 1.54) is 11.3 Å². The van der Waals surface area contributed by atoms with Crippen molar-refractivity contribution in [1.29, 1.82) is 0 Å². The van der Waals surface area contributed by atoms with Crippen molar-refractivity contribution in [3.8, 4) is 5.75 Å². The third kappa shape index (κ3) is 3.65. The van der Waals surface area contributed by atoms with Gasteiger partial charge in [-0.2, -0.15) is 0 Å². The highest BCUT2D eigenvalue weighted by Crippen LogP contribution is 2.35. The molecule has 3 aromatic heterocycles. The molecule has 5 aromatic rings. The van der Waals surface area contributed by atoms with E-state index in [9.17, 15) is 4.79 Å². The van der Waals surface area contributed by atoms with Gasteiger partial charge in [-0.05, 0) is 62.2 Å². The van der Waals surface area contributed by atoms with Gasteiger partial charge in [0.05, 0.1) is 29.6 Å². The van der Waals surface area contributed by atoms with Crippen molar-refractivity contribution in [2.24, 2.45) is 0 Å². The lowest BCUT2D eigenvalue weighted by Gasteiger charge is -2.17. The highest BCUT2D eigenvalue weighted by molar-refractivity contribution is 7.22. The fraction of sp³-hybridized carbons (Fsp3) is 0.200. The summed E-state index contributed by atoms with van der Waals surface area (Å²) in [5, 5.41) is 1.41. The summed E-state index contributed by atoms with van der Waals surface area (Å²) in [6, 6.07) is 15.2. The Hall–Kier alpha value is -3.58. The van der Waals surface area contributed by atoms with Gasteiger partial charge in [0.15, 0.2) is 22.2 Å². The summed E-state index contributed by atoms with van der Waals surface area (Å²) in [6.45, 7) is 6.78. The summed E-state index contributed by atoms with van der Waals surface area (Å²) in [5.74, 6) is 1.23. The molecule has 0 aliphatic rings. The minimum Gasteiger partial charge on any atom is -0.490 e. The first-order chi connectivity index (χ1) is 15.5. The number of aromatic nitrogens is 1. The number of anilines is 1. The van der Waals surface area contributed by atoms with Gasteiger partial charge >= 0.3 is 0 Å². The van der Waals surface area contributed by atoms with Gasteiger partial charge < -0.3 is 13.6 Å². The number of aryl methyl sites for hydroxylation is 2. The number of para-hydroxylation sites is 1. The second kappa shape index (κ2) is 8.16. The van der Waals surface area contributed by atoms with Crippen LogP contribution in [0.4, 0.5) is 5.13 Å². The van der Waals surface area contributed by atoms with Gasteiger partial charge in [0.2, 0.25) is 0 Å². The minimum atomic E-state index is -0.284. The molecular weight excluding hydrogens is 424 g/mol. The highest BCUT2D eigenvalue weighted by Gasteiger charge is 2.26. The quantitative estimate of drug-likeness (QED) is 0.298. The molecule has 32 heavy (non-hydrogen) atoms. The first kappa shape index (κ1) is 20.3. The molecule has 0 radical (unpaired) electrons. The van der Waals surface area contributed by atoms with E-state index in [-0.39, 0.29) is 18.2 Å². The largest absolute Gasteiger partial charge is 0.490 e. The van der Waals surface area contributed by atoms with Gasteiger partial charge in [0, 0.05) is 5.39 Å². The third-order valence-corrected chi connectivity index (χ3v) is 6.43. The summed E-state index contributed by atoms with van der Waals surface area (Å²) in [5.41, 5.74) is 3.71. The molecule has 0 saturated carbocycles. The molecule has 162 valence electrons. The van der Waals surface area contributed by atoms with E-state index in [0.717, 1.165) is 26.7 Å². The zero-order valence-electron chi connectivity index (χ0n) is 18.0. The van der Waals surface area contributed by atoms with Crippen LogP contribution in [0.2, 0.25) is 0 Å². The van der Waals surface area contributed by atoms with E-state index in [1.54, 1.807) is 23.3 Å². The molecule has 0 saturated heterocycles. The van der Waals surface area contributed by atoms with Crippen molar-refractivity contribution in [3.05, 3.63) is 77.4 Å². The number of furan rings is 2. The maximum atomic E-state index is 13.7. The van der Waals surface area contributed by atoms with Crippen molar-refractivity contribution in [3.63, 3.8) is 0 Å². The lowest BCUT2D eigenvalue weighted by Crippen LogP contribution is -2.29. The summed E-state index contributed by atoms with van der Waals surface area (Å²) in [6.07, 6.45) is 1.60. The van der Waals surface area contributed by atoms with Crippen molar-refractivity contribution >= 4 is 43.6 Å². The van der Waals surface area contributed by atoms with E-state index >= 15 is 0 Å². The highest BCUT2D eigenvalue weighted by atomic mass is 32.1. The average molecular weight is 447 g/mol. The van der Waals surface area contributed by atoms with Gasteiger partial charge in [-0.25, -0.2) is 4.98 Å². The molecule has 0 fully saturated rings. The summed E-state index contributed by atoms with van der Waals surface area (Å²) < 4.78 is 18.2. The van der Waals surface area contributed by atoms with E-state index in [0.29, 0.717) is 28.8 Å². The molecule has 0 aliphatic carbocycles. The Morgan fingerprint density at radius 3 is 2.81 bits per heavy atom. The molecule has 2 aromatic carbocycles. The van der Waals surface area contributed by atoms with Crippen LogP contribution in [-0.4, -0.2) is 17.5 Å². The molecule has 0 unspecified atom stereocenters. The van der Waals surface area contributed by atoms with Crippen molar-refractivity contribution in [2.45, 2.75) is 27.3 Å². The monoisotopic (exact) mass is 446 g/mol. The fourth-order valence-corrected chi connectivity index (χ4v) is 4.82. The second-order valence-electron chi connectivity index (χ2n) is 7.62. The van der Waals surface area contributed by atoms with Crippen LogP contribution in [0.1, 0.15) is 34.4 Å². The maximum Gasteiger partial charge on any atom is 0.296 e. The normalized spacial score (nSPS) is 11.3. The fourth-order valence-electron chi connectivity index (χ4n) is 3.81. The Kier molecular flexibility index (Phi) is 5.19. The molecule has 0 bridgehead atoms. The number of ether oxygens (including phenoxy) is 1. The van der Waals surface area contributed by atoms with Crippen LogP contribution in [0.15, 0.2) is 63.6 Å². The lowest BCUT2D eigenvalue weighted by molar-refractivity contribution is 0.0958. The van der Waals surface area contributed by atoms with E-state index in [4.69, 9.17) is 18.6 Å². The molecule has 0 aliphatic heterocycles. The number of hydrogen-bond donors (Lipinski definition) is 0. The van der Waals surface area contributed by atoms with Crippen LogP contribution in [0.25, 0.3) is 21.2 Å². The smallest absolute Gasteiger partial charge is 0.296 e. The predicted octanol–water partition coefficient (Wildman–Crippen LogP) is 6.50. The zero-order valence-corrected chi connectivity index (χ0v) is 18.9. The Labute approximate surface area is 189 Å². The van der Waals surface area contributed by atoms with E-state index in [1.807, 2.05) is 44.2 Å². The van der Waals surface area contributed by atoms with Crippen molar-refractivity contribution in [2.75, 3.05) is 11.5 Å². The number of amides is 1. The van der Waals surface area contributed by atoms with Crippen molar-refractivity contribution in [1.82, 2.24) is 4.98 Å². The molecule has 5 rings (SSSR count). The zero-order chi connectivity index (χ0) is 22.2. The Bertz CT molecular complexity index is 1420. The molecule has 1 amide bonds. The molecule has 3 heterocycles. The third-order valence-electron chi connectivity index (χ3n) is 5.20. The topological polar surface area (TPSA) is 68.7 Å². The summed E-state index contributed by atoms with van der Waals surface area (Å²) in [4.78, 5) is 20.0. The van der Waals surface area contributed by atoms with Crippen LogP contribution in [0.3, 0.4) is 0 Å². The van der Waals surface area contributed by atoms with Crippen LogP contribution < -0.4 is 9.64 Å². The lowest BCUT2D eigenvalue weighted by atomic mass is 10.1. The van der Waals surface area contributed by atoms with Crippen LogP contribution in [0, 0.1) is 13.8 Å². The van der Waals surface area contributed by atoms with Gasteiger partial charge in [-0.3, -0.25) is 9.69 Å². The van der Waals surface area contributed by atoms with Crippen LogP contribution in [-0.2, 0) is 6.54 Å². The number of carbonyl (C=O) groups is 1. The maximum absolute atomic E-state index is 13.7. The number of thiazole rings is 1. The number of hydrogen-bond acceptors (Lipinski definition) is 6. The molecular formula is C25H22N2O4S. The molecule has 0 atom stereocenters. The van der Waals surface area contributed by atoms with Gasteiger partial charge in [-0.1, -0.05) is 29.5 Å². The average Bonchev–Trinajstić information content (AvgIpc) is 3.51. The Morgan fingerprint density at radius 2 is 2.03 bits per heavy atom. The first-order valence-corrected chi connectivity index (χ1v) is 11.2. The standard InChI is InChI=1S/C25H22N2O4S/c1-4-29-20-9-5-7-17-13-21(31-22(17)20)24(28)27(14-18-8-6-10-30-18)25-26-19-12-15(2)11-16(3)23(19)32-25/h5-13H,4,14H2,1-3H3. The second-order valence-corrected chi connectivity index (χ2v) is 8.59. The number of benzene rings is 2. The minimum absolute atomic E-state index is 0.228.